The van der Waals surface area contributed by atoms with Gasteiger partial charge in [0.25, 0.3) is 0 Å². The van der Waals surface area contributed by atoms with Gasteiger partial charge in [-0.25, -0.2) is 0 Å². The Hall–Kier alpha value is 1.07. The van der Waals surface area contributed by atoms with E-state index >= 15 is 0 Å². The quantitative estimate of drug-likeness (QED) is 0.364. The van der Waals surface area contributed by atoms with Crippen molar-refractivity contribution < 1.29 is 8.76 Å². The molecular weight excluding hydrogens is 125 g/mol. The number of nitrogens with two attached hydrogens (primary N) is 1. The first-order valence-electron chi connectivity index (χ1n) is 1.53. The Morgan fingerprint density at radius 2 is 2.14 bits per heavy atom. The molecule has 0 aliphatic heterocycles. The minimum absolute atomic E-state index is 0. The van der Waals surface area contributed by atoms with E-state index in [1.54, 1.807) is 0 Å². The van der Waals surface area contributed by atoms with Crippen molar-refractivity contribution in [2.45, 2.75) is 0 Å². The molecule has 3 nitrogen and oxygen atoms in total. The normalized spacial score (nSPS) is 12.3. The molecule has 0 aromatic rings. The third-order valence-electron chi connectivity index (χ3n) is 0.285. The third kappa shape index (κ3) is 11.0. The Kier molecular flexibility index (Phi) is 11.1. The van der Waals surface area contributed by atoms with Crippen LogP contribution in [0.5, 0.6) is 0 Å². The molecule has 2 N–H and O–H groups in total. The third-order valence-corrected chi connectivity index (χ3v) is 0.854. The molecule has 0 heterocycles. The second kappa shape index (κ2) is 7.07. The Morgan fingerprint density at radius 3 is 2.14 bits per heavy atom. The van der Waals surface area contributed by atoms with Crippen molar-refractivity contribution in [2.75, 3.05) is 12.3 Å². The van der Waals surface area contributed by atoms with Crippen molar-refractivity contribution in [1.29, 1.82) is 0 Å². The van der Waals surface area contributed by atoms with E-state index in [2.05, 4.69) is 0 Å². The molecule has 0 aromatic heterocycles. The van der Waals surface area contributed by atoms with Gasteiger partial charge >= 0.3 is 0 Å². The molecule has 1 atom stereocenters. The van der Waals surface area contributed by atoms with E-state index in [1.165, 1.54) is 0 Å². The summed E-state index contributed by atoms with van der Waals surface area (Å²) in [7, 11) is 0. The molecule has 0 saturated carbocycles. The first kappa shape index (κ1) is 10.9. The smallest absolute Gasteiger partial charge is 0.0225 e. The van der Waals surface area contributed by atoms with Crippen molar-refractivity contribution in [1.82, 2.24) is 0 Å². The van der Waals surface area contributed by atoms with Crippen molar-refractivity contribution in [3.05, 3.63) is 0 Å². The Labute approximate surface area is 67.2 Å². The van der Waals surface area contributed by atoms with Gasteiger partial charge in [-0.1, -0.05) is 11.1 Å². The van der Waals surface area contributed by atoms with Gasteiger partial charge < -0.3 is 10.3 Å². The second-order valence-electron chi connectivity index (χ2n) is 0.797. The molecule has 0 aromatic carbocycles. The summed E-state index contributed by atoms with van der Waals surface area (Å²) in [5.74, 6) is 0.0694. The molecule has 0 saturated heterocycles. The molecule has 1 radical (unpaired) electrons. The van der Waals surface area contributed by atoms with Crippen LogP contribution in [0.2, 0.25) is 0 Å². The first-order chi connectivity index (χ1) is 2.77. The van der Waals surface area contributed by atoms with Gasteiger partial charge in [0.05, 0.1) is 0 Å². The monoisotopic (exact) mass is 131 g/mol. The van der Waals surface area contributed by atoms with Crippen molar-refractivity contribution in [2.24, 2.45) is 5.73 Å². The summed E-state index contributed by atoms with van der Waals surface area (Å²) in [5, 5.41) is 0. The maximum absolute atomic E-state index is 9.52. The number of hydrogen-bond donors (Lipinski definition) is 1. The van der Waals surface area contributed by atoms with Crippen LogP contribution in [0, 0.1) is 0 Å². The standard InChI is InChI=1S/C2H7NO2S.Na/c3-1-2-6(4)5;/h1-3H2,(H,4,5);/p-1. The van der Waals surface area contributed by atoms with Crippen LogP contribution in [-0.4, -0.2) is 50.6 Å². The molecule has 0 aliphatic rings. The molecule has 0 rings (SSSR count). The van der Waals surface area contributed by atoms with Crippen LogP contribution >= 0.6 is 0 Å². The van der Waals surface area contributed by atoms with Crippen LogP contribution in [-0.2, 0) is 11.1 Å². The summed E-state index contributed by atoms with van der Waals surface area (Å²) in [5.41, 5.74) is 4.84. The minimum Gasteiger partial charge on any atom is -0.772 e. The van der Waals surface area contributed by atoms with E-state index in [0.29, 0.717) is 0 Å². The summed E-state index contributed by atoms with van der Waals surface area (Å²) in [6, 6.07) is 0. The van der Waals surface area contributed by atoms with Gasteiger partial charge in [-0.15, -0.1) is 0 Å². The summed E-state index contributed by atoms with van der Waals surface area (Å²) < 4.78 is 19.0. The Balaban J connectivity index is 0. The molecule has 0 spiro atoms. The molecule has 39 valence electrons. The average molecular weight is 131 g/mol. The summed E-state index contributed by atoms with van der Waals surface area (Å²) in [4.78, 5) is 0. The van der Waals surface area contributed by atoms with Crippen molar-refractivity contribution in [3.8, 4) is 0 Å². The topological polar surface area (TPSA) is 66.2 Å². The Morgan fingerprint density at radius 1 is 1.71 bits per heavy atom. The zero-order chi connectivity index (χ0) is 4.99. The van der Waals surface area contributed by atoms with E-state index in [4.69, 9.17) is 5.73 Å². The van der Waals surface area contributed by atoms with E-state index < -0.39 is 11.1 Å². The molecule has 0 aliphatic carbocycles. The van der Waals surface area contributed by atoms with Crippen LogP contribution in [0.3, 0.4) is 0 Å². The summed E-state index contributed by atoms with van der Waals surface area (Å²) >= 11 is -1.94. The van der Waals surface area contributed by atoms with Gasteiger partial charge in [0.1, 0.15) is 0 Å². The molecular formula is C2H6NNaO2S-. The minimum atomic E-state index is -1.94. The van der Waals surface area contributed by atoms with Gasteiger partial charge in [-0.2, -0.15) is 0 Å². The fourth-order valence-corrected chi connectivity index (χ4v) is 0.289. The van der Waals surface area contributed by atoms with Crippen molar-refractivity contribution >= 4 is 40.6 Å². The molecule has 0 amide bonds. The number of rotatable bonds is 2. The second-order valence-corrected chi connectivity index (χ2v) is 1.81. The maximum Gasteiger partial charge on any atom is 0.0225 e. The first-order valence-corrected chi connectivity index (χ1v) is 2.77. The maximum atomic E-state index is 9.52. The van der Waals surface area contributed by atoms with Crippen LogP contribution in [0.25, 0.3) is 0 Å². The van der Waals surface area contributed by atoms with Gasteiger partial charge in [-0.3, -0.25) is 4.21 Å². The average Bonchev–Trinajstić information content (AvgIpc) is 1.35. The van der Waals surface area contributed by atoms with E-state index in [9.17, 15) is 8.76 Å². The number of hydrogen-bond acceptors (Lipinski definition) is 3. The van der Waals surface area contributed by atoms with Gasteiger partial charge in [0.2, 0.25) is 0 Å². The van der Waals surface area contributed by atoms with Crippen molar-refractivity contribution in [3.63, 3.8) is 0 Å². The molecule has 7 heavy (non-hydrogen) atoms. The zero-order valence-electron chi connectivity index (χ0n) is 4.22. The molecule has 1 unspecified atom stereocenters. The largest absolute Gasteiger partial charge is 0.772 e. The van der Waals surface area contributed by atoms with Crippen LogP contribution in [0.1, 0.15) is 0 Å². The fraction of sp³-hybridized carbons (Fsp3) is 1.00. The summed E-state index contributed by atoms with van der Waals surface area (Å²) in [6.45, 7) is 0.218. The van der Waals surface area contributed by atoms with E-state index in [1.807, 2.05) is 0 Å². The van der Waals surface area contributed by atoms with E-state index in [0.717, 1.165) is 0 Å². The van der Waals surface area contributed by atoms with E-state index in [-0.39, 0.29) is 41.9 Å². The van der Waals surface area contributed by atoms with Crippen LogP contribution < -0.4 is 5.73 Å². The van der Waals surface area contributed by atoms with Crippen LogP contribution in [0.4, 0.5) is 0 Å². The summed E-state index contributed by atoms with van der Waals surface area (Å²) in [6.07, 6.45) is 0. The predicted octanol–water partition coefficient (Wildman–Crippen LogP) is -1.56. The zero-order valence-corrected chi connectivity index (χ0v) is 7.03. The molecule has 0 bridgehead atoms. The van der Waals surface area contributed by atoms with Crippen LogP contribution in [0.15, 0.2) is 0 Å². The fourth-order valence-electron chi connectivity index (χ4n) is 0.0962. The molecule has 5 heteroatoms. The van der Waals surface area contributed by atoms with Gasteiger partial charge in [0.15, 0.2) is 0 Å². The Bertz CT molecular complexity index is 59.7. The van der Waals surface area contributed by atoms with Gasteiger partial charge in [-0.05, 0) is 0 Å². The SMILES string of the molecule is NCCS(=O)[O-].[Na]. The molecule has 0 fully saturated rings. The predicted molar refractivity (Wildman–Crippen MR) is 28.6 cm³/mol. The van der Waals surface area contributed by atoms with Gasteiger partial charge in [0, 0.05) is 41.9 Å².